The molecule has 0 heterocycles. The first-order valence-electron chi connectivity index (χ1n) is 16.6. The van der Waals surface area contributed by atoms with Crippen molar-refractivity contribution in [1.82, 2.24) is 0 Å². The van der Waals surface area contributed by atoms with Gasteiger partial charge in [0.1, 0.15) is 35.2 Å². The van der Waals surface area contributed by atoms with Crippen LogP contribution in [0.5, 0.6) is 23.0 Å². The molecule has 0 saturated carbocycles. The van der Waals surface area contributed by atoms with E-state index in [1.807, 2.05) is 0 Å². The summed E-state index contributed by atoms with van der Waals surface area (Å²) in [6.45, 7) is 10.3. The van der Waals surface area contributed by atoms with Crippen LogP contribution in [0.2, 0.25) is 0 Å². The number of carbonyl (C=O) groups is 5. The minimum atomic E-state index is -0.816. The monoisotopic (exact) mass is 718 g/mol. The Kier molecular flexibility index (Phi) is 17.7. The van der Waals surface area contributed by atoms with Crippen LogP contribution in [0.1, 0.15) is 63.7 Å². The molecule has 3 rings (SSSR count). The molecule has 0 unspecified atom stereocenters. The summed E-state index contributed by atoms with van der Waals surface area (Å²) in [5.41, 5.74) is 0.273. The number of carbonyl (C=O) groups excluding carboxylic acids is 5. The second-order valence-corrected chi connectivity index (χ2v) is 10.7. The van der Waals surface area contributed by atoms with Crippen LogP contribution in [0.15, 0.2) is 92.0 Å². The van der Waals surface area contributed by atoms with Gasteiger partial charge in [0.25, 0.3) is 0 Å². The van der Waals surface area contributed by atoms with Gasteiger partial charge in [-0.1, -0.05) is 13.2 Å². The first-order valence-corrected chi connectivity index (χ1v) is 16.6. The van der Waals surface area contributed by atoms with E-state index in [-0.39, 0.29) is 54.6 Å². The lowest BCUT2D eigenvalue weighted by molar-refractivity contribution is -0.138. The van der Waals surface area contributed by atoms with Crippen LogP contribution in [0, 0.1) is 0 Å². The van der Waals surface area contributed by atoms with Crippen LogP contribution in [0.25, 0.3) is 0 Å². The molecule has 0 N–H and O–H groups in total. The van der Waals surface area contributed by atoms with Gasteiger partial charge in [0.15, 0.2) is 0 Å². The zero-order valence-electron chi connectivity index (χ0n) is 29.0. The van der Waals surface area contributed by atoms with Crippen molar-refractivity contribution in [2.75, 3.05) is 46.2 Å². The molecule has 13 nitrogen and oxygen atoms in total. The molecule has 276 valence electrons. The van der Waals surface area contributed by atoms with E-state index < -0.39 is 29.8 Å². The number of hydrogen-bond acceptors (Lipinski definition) is 13. The van der Waals surface area contributed by atoms with Crippen molar-refractivity contribution in [3.63, 3.8) is 0 Å². The molecule has 3 aromatic rings. The maximum absolute atomic E-state index is 13.0. The number of esters is 5. The number of ether oxygens (including phenoxy) is 8. The highest BCUT2D eigenvalue weighted by atomic mass is 16.6. The molecule has 0 fully saturated rings. The second-order valence-electron chi connectivity index (χ2n) is 10.7. The Labute approximate surface area is 302 Å². The molecule has 0 aliphatic carbocycles. The largest absolute Gasteiger partial charge is 0.494 e. The molecule has 52 heavy (non-hydrogen) atoms. The normalized spacial score (nSPS) is 10.3. The molecule has 0 bridgehead atoms. The zero-order valence-corrected chi connectivity index (χ0v) is 29.0. The molecular weight excluding hydrogens is 676 g/mol. The topological polar surface area (TPSA) is 159 Å². The van der Waals surface area contributed by atoms with Gasteiger partial charge in [0, 0.05) is 18.8 Å². The smallest absolute Gasteiger partial charge is 0.343 e. The van der Waals surface area contributed by atoms with Gasteiger partial charge in [-0.05, 0) is 99.3 Å². The Morgan fingerprint density at radius 2 is 1.02 bits per heavy atom. The van der Waals surface area contributed by atoms with Crippen LogP contribution in [-0.2, 0) is 28.5 Å². The highest BCUT2D eigenvalue weighted by molar-refractivity contribution is 5.97. The molecule has 0 aromatic heterocycles. The molecular formula is C39H42O13. The Balaban J connectivity index is 1.60. The minimum absolute atomic E-state index is 0.0133. The fourth-order valence-electron chi connectivity index (χ4n) is 4.19. The van der Waals surface area contributed by atoms with Gasteiger partial charge in [-0.2, -0.15) is 0 Å². The van der Waals surface area contributed by atoms with Crippen LogP contribution in [0.3, 0.4) is 0 Å². The molecule has 0 atom stereocenters. The molecule has 0 radical (unpaired) electrons. The summed E-state index contributed by atoms with van der Waals surface area (Å²) < 4.78 is 42.8. The Morgan fingerprint density at radius 1 is 0.538 bits per heavy atom. The first kappa shape index (κ1) is 40.5. The van der Waals surface area contributed by atoms with Crippen molar-refractivity contribution >= 4 is 29.8 Å². The van der Waals surface area contributed by atoms with E-state index in [1.54, 1.807) is 31.2 Å². The molecule has 0 amide bonds. The van der Waals surface area contributed by atoms with E-state index in [4.69, 9.17) is 37.9 Å². The number of rotatable bonds is 23. The van der Waals surface area contributed by atoms with Crippen molar-refractivity contribution in [1.29, 1.82) is 0 Å². The van der Waals surface area contributed by atoms with Crippen LogP contribution >= 0.6 is 0 Å². The predicted molar refractivity (Wildman–Crippen MR) is 188 cm³/mol. The predicted octanol–water partition coefficient (Wildman–Crippen LogP) is 6.09. The van der Waals surface area contributed by atoms with E-state index >= 15 is 0 Å². The van der Waals surface area contributed by atoms with E-state index in [9.17, 15) is 24.0 Å². The lowest BCUT2D eigenvalue weighted by Crippen LogP contribution is -2.16. The highest BCUT2D eigenvalue weighted by Crippen LogP contribution is 2.27. The van der Waals surface area contributed by atoms with Gasteiger partial charge in [0.2, 0.25) is 0 Å². The van der Waals surface area contributed by atoms with Gasteiger partial charge < -0.3 is 37.9 Å². The highest BCUT2D eigenvalue weighted by Gasteiger charge is 2.21. The summed E-state index contributed by atoms with van der Waals surface area (Å²) in [5, 5.41) is 0. The SMILES string of the molecule is C=CC(=O)OCCCCOc1ccc(C(=O)Oc2ccc(OC(=O)c3ccc(OCCCCOC(=O)C=C)cc3)c(C(=O)OCCOCC)c2)cc1. The Morgan fingerprint density at radius 3 is 1.52 bits per heavy atom. The van der Waals surface area contributed by atoms with E-state index in [0.717, 1.165) is 12.2 Å². The first-order chi connectivity index (χ1) is 25.2. The summed E-state index contributed by atoms with van der Waals surface area (Å²) in [6.07, 6.45) is 4.73. The van der Waals surface area contributed by atoms with Gasteiger partial charge >= 0.3 is 29.8 Å². The van der Waals surface area contributed by atoms with Crippen molar-refractivity contribution in [2.45, 2.75) is 32.6 Å². The lowest BCUT2D eigenvalue weighted by Gasteiger charge is -2.13. The molecule has 0 aliphatic rings. The average molecular weight is 719 g/mol. The van der Waals surface area contributed by atoms with E-state index in [2.05, 4.69) is 13.2 Å². The molecule has 13 heteroatoms. The van der Waals surface area contributed by atoms with E-state index in [1.165, 1.54) is 42.5 Å². The maximum atomic E-state index is 13.0. The van der Waals surface area contributed by atoms with Crippen LogP contribution in [0.4, 0.5) is 0 Å². The molecule has 0 aliphatic heterocycles. The standard InChI is InChI=1S/C39H42O13/c1-4-35(40)48-23-9-7-21-46-30-15-11-28(12-16-30)37(42)51-32-19-20-34(33(27-32)39(44)50-26-25-45-6-3)52-38(43)29-13-17-31(18-14-29)47-22-8-10-24-49-36(41)5-2/h4-5,11-20,27H,1-2,6-10,21-26H2,3H3. The number of unbranched alkanes of at least 4 members (excludes halogenated alkanes) is 2. The summed E-state index contributed by atoms with van der Waals surface area (Å²) in [4.78, 5) is 61.2. The fraction of sp³-hybridized carbons (Fsp3) is 0.308. The summed E-state index contributed by atoms with van der Waals surface area (Å²) >= 11 is 0. The maximum Gasteiger partial charge on any atom is 0.343 e. The Hall–Kier alpha value is -5.95. The van der Waals surface area contributed by atoms with Gasteiger partial charge in [0.05, 0.1) is 44.2 Å². The van der Waals surface area contributed by atoms with Crippen molar-refractivity contribution in [2.24, 2.45) is 0 Å². The quantitative estimate of drug-likeness (QED) is 0.0365. The summed E-state index contributed by atoms with van der Waals surface area (Å²) in [6, 6.07) is 16.5. The third kappa shape index (κ3) is 14.5. The minimum Gasteiger partial charge on any atom is -0.494 e. The van der Waals surface area contributed by atoms with Gasteiger partial charge in [-0.3, -0.25) is 0 Å². The lowest BCUT2D eigenvalue weighted by atomic mass is 10.1. The second kappa shape index (κ2) is 22.7. The summed E-state index contributed by atoms with van der Waals surface area (Å²) in [5.74, 6) is -2.26. The number of hydrogen-bond donors (Lipinski definition) is 0. The van der Waals surface area contributed by atoms with Crippen LogP contribution < -0.4 is 18.9 Å². The zero-order chi connectivity index (χ0) is 37.6. The van der Waals surface area contributed by atoms with E-state index in [0.29, 0.717) is 57.0 Å². The molecule has 0 spiro atoms. The van der Waals surface area contributed by atoms with Gasteiger partial charge in [-0.15, -0.1) is 0 Å². The average Bonchev–Trinajstić information content (AvgIpc) is 3.16. The molecule has 3 aromatic carbocycles. The van der Waals surface area contributed by atoms with Crippen molar-refractivity contribution < 1.29 is 61.9 Å². The molecule has 0 saturated heterocycles. The van der Waals surface area contributed by atoms with Gasteiger partial charge in [-0.25, -0.2) is 24.0 Å². The summed E-state index contributed by atoms with van der Waals surface area (Å²) in [7, 11) is 0. The van der Waals surface area contributed by atoms with Crippen molar-refractivity contribution in [3.05, 3.63) is 109 Å². The Bertz CT molecular complexity index is 1650. The van der Waals surface area contributed by atoms with Crippen molar-refractivity contribution in [3.8, 4) is 23.0 Å². The number of benzene rings is 3. The fourth-order valence-corrected chi connectivity index (χ4v) is 4.19. The third-order valence-corrected chi connectivity index (χ3v) is 6.87. The third-order valence-electron chi connectivity index (χ3n) is 6.87. The van der Waals surface area contributed by atoms with Crippen LogP contribution in [-0.4, -0.2) is 76.1 Å².